The van der Waals surface area contributed by atoms with E-state index in [-0.39, 0.29) is 26.6 Å². The van der Waals surface area contributed by atoms with Gasteiger partial charge >= 0.3 is 12.1 Å². The van der Waals surface area contributed by atoms with Gasteiger partial charge in [0.05, 0.1) is 17.8 Å². The molecule has 0 radical (unpaired) electrons. The van der Waals surface area contributed by atoms with Crippen LogP contribution in [0.2, 0.25) is 0 Å². The van der Waals surface area contributed by atoms with Crippen LogP contribution in [-0.4, -0.2) is 23.3 Å². The van der Waals surface area contributed by atoms with E-state index in [4.69, 9.17) is 0 Å². The van der Waals surface area contributed by atoms with Gasteiger partial charge in [-0.15, -0.1) is 4.60 Å². The molecule has 0 spiro atoms. The Labute approximate surface area is 87.3 Å². The number of hydrogen-bond acceptors (Lipinski definition) is 4. The predicted molar refractivity (Wildman–Crippen MR) is 50.0 cm³/mol. The summed E-state index contributed by atoms with van der Waals surface area (Å²) in [5.41, 5.74) is 0. The lowest BCUT2D eigenvalue weighted by Gasteiger charge is -2.28. The standard InChI is InChI=1S/C3H7F5N3OP3/c4-2(5,3(6,7)8)1-12-11-14-9-13-10-15-11/h9-10,13-15H,1H2. The highest BCUT2D eigenvalue weighted by atomic mass is 31.2. The Morgan fingerprint density at radius 2 is 1.60 bits per heavy atom. The van der Waals surface area contributed by atoms with Gasteiger partial charge in [0, 0.05) is 8.88 Å². The second-order valence-electron chi connectivity index (χ2n) is 2.37. The fourth-order valence-electron chi connectivity index (χ4n) is 0.509. The van der Waals surface area contributed by atoms with Gasteiger partial charge in [0.15, 0.2) is 0 Å². The molecular weight excluding hydrogens is 282 g/mol. The Morgan fingerprint density at radius 3 is 2.07 bits per heavy atom. The smallest absolute Gasteiger partial charge is 0.283 e. The molecule has 0 aromatic rings. The summed E-state index contributed by atoms with van der Waals surface area (Å²) in [5, 5.41) is 0. The van der Waals surface area contributed by atoms with Gasteiger partial charge in [0.1, 0.15) is 6.61 Å². The number of halogens is 5. The Hall–Kier alpha value is 0.780. The van der Waals surface area contributed by atoms with Crippen molar-refractivity contribution in [2.75, 3.05) is 6.61 Å². The molecule has 90 valence electrons. The first-order valence-corrected chi connectivity index (χ1v) is 6.36. The van der Waals surface area contributed by atoms with Crippen LogP contribution in [0.15, 0.2) is 0 Å². The van der Waals surface area contributed by atoms with Crippen molar-refractivity contribution in [3.63, 3.8) is 0 Å². The molecule has 0 aliphatic carbocycles. The summed E-state index contributed by atoms with van der Waals surface area (Å²) in [7, 11) is 0.0306. The molecule has 0 amide bonds. The van der Waals surface area contributed by atoms with Crippen LogP contribution in [-0.2, 0) is 4.84 Å². The Balaban J connectivity index is 2.35. The monoisotopic (exact) mass is 289 g/mol. The molecule has 2 unspecified atom stereocenters. The van der Waals surface area contributed by atoms with Crippen molar-refractivity contribution in [3.05, 3.63) is 0 Å². The highest BCUT2D eigenvalue weighted by Crippen LogP contribution is 2.40. The number of rotatable bonds is 3. The average molecular weight is 289 g/mol. The topological polar surface area (TPSA) is 36.5 Å². The van der Waals surface area contributed by atoms with Gasteiger partial charge in [-0.3, -0.25) is 14.6 Å². The summed E-state index contributed by atoms with van der Waals surface area (Å²) < 4.78 is 60.9. The van der Waals surface area contributed by atoms with Gasteiger partial charge in [0.2, 0.25) is 0 Å². The molecule has 2 N–H and O–H groups in total. The molecular formula is C3H7F5N3OP3. The largest absolute Gasteiger partial charge is 0.455 e. The van der Waals surface area contributed by atoms with Gasteiger partial charge in [-0.1, -0.05) is 0 Å². The zero-order valence-corrected chi connectivity index (χ0v) is 9.95. The summed E-state index contributed by atoms with van der Waals surface area (Å²) in [5.74, 6) is -4.82. The van der Waals surface area contributed by atoms with Crippen LogP contribution in [0.4, 0.5) is 22.0 Å². The normalized spacial score (nSPS) is 25.4. The van der Waals surface area contributed by atoms with E-state index < -0.39 is 18.7 Å². The summed E-state index contributed by atoms with van der Waals surface area (Å²) in [6.45, 7) is -1.69. The third-order valence-electron chi connectivity index (χ3n) is 1.23. The zero-order valence-electron chi connectivity index (χ0n) is 6.95. The summed E-state index contributed by atoms with van der Waals surface area (Å²) in [4.78, 5) is 9.81. The number of hydrogen-bond donors (Lipinski definition) is 2. The number of nitrogens with zero attached hydrogens (tertiary/aromatic N) is 1. The van der Waals surface area contributed by atoms with Gasteiger partial charge in [-0.25, -0.2) is 0 Å². The third kappa shape index (κ3) is 4.27. The zero-order chi connectivity index (χ0) is 11.5. The highest BCUT2D eigenvalue weighted by Gasteiger charge is 2.58. The van der Waals surface area contributed by atoms with Crippen molar-refractivity contribution in [2.24, 2.45) is 0 Å². The van der Waals surface area contributed by atoms with E-state index in [1.807, 2.05) is 0 Å². The molecule has 0 saturated carbocycles. The van der Waals surface area contributed by atoms with Crippen molar-refractivity contribution in [1.82, 2.24) is 14.3 Å². The van der Waals surface area contributed by atoms with Crippen LogP contribution < -0.4 is 9.72 Å². The van der Waals surface area contributed by atoms with E-state index in [0.717, 1.165) is 4.60 Å². The lowest BCUT2D eigenvalue weighted by Crippen LogP contribution is -2.41. The van der Waals surface area contributed by atoms with E-state index in [1.54, 1.807) is 0 Å². The van der Waals surface area contributed by atoms with E-state index in [2.05, 4.69) is 14.6 Å². The first-order valence-electron chi connectivity index (χ1n) is 3.47. The number of alkyl halides is 5. The van der Waals surface area contributed by atoms with Crippen molar-refractivity contribution in [3.8, 4) is 0 Å². The fraction of sp³-hybridized carbons (Fsp3) is 1.00. The third-order valence-corrected chi connectivity index (χ3v) is 4.46. The van der Waals surface area contributed by atoms with Crippen molar-refractivity contribution < 1.29 is 26.8 Å². The molecule has 1 aliphatic heterocycles. The minimum Gasteiger partial charge on any atom is -0.283 e. The van der Waals surface area contributed by atoms with E-state index in [0.29, 0.717) is 0 Å². The van der Waals surface area contributed by atoms with Crippen LogP contribution in [0.25, 0.3) is 0 Å². The maximum atomic E-state index is 12.4. The highest BCUT2D eigenvalue weighted by molar-refractivity contribution is 7.65. The maximum Gasteiger partial charge on any atom is 0.455 e. The second-order valence-corrected chi connectivity index (χ2v) is 6.33. The van der Waals surface area contributed by atoms with Gasteiger partial charge in [-0.05, 0) is 0 Å². The molecule has 2 atom stereocenters. The van der Waals surface area contributed by atoms with E-state index in [9.17, 15) is 22.0 Å². The molecule has 4 nitrogen and oxygen atoms in total. The Kier molecular flexibility index (Phi) is 4.99. The first-order chi connectivity index (χ1) is 6.83. The van der Waals surface area contributed by atoms with Gasteiger partial charge < -0.3 is 0 Å². The lowest BCUT2D eigenvalue weighted by molar-refractivity contribution is -0.305. The minimum absolute atomic E-state index is 0.115. The molecule has 1 rings (SSSR count). The van der Waals surface area contributed by atoms with Crippen molar-refractivity contribution >= 4 is 26.6 Å². The number of nitrogens with one attached hydrogen (secondary N) is 2. The molecule has 1 aliphatic rings. The molecule has 15 heavy (non-hydrogen) atoms. The van der Waals surface area contributed by atoms with Crippen LogP contribution in [0.5, 0.6) is 0 Å². The van der Waals surface area contributed by atoms with Crippen molar-refractivity contribution in [2.45, 2.75) is 12.1 Å². The summed E-state index contributed by atoms with van der Waals surface area (Å²) in [6.07, 6.45) is -5.57. The molecule has 1 heterocycles. The molecule has 0 bridgehead atoms. The summed E-state index contributed by atoms with van der Waals surface area (Å²) in [6, 6.07) is 0. The first kappa shape index (κ1) is 13.8. The lowest BCUT2D eigenvalue weighted by atomic mass is 10.3. The molecule has 1 fully saturated rings. The molecule has 0 aromatic heterocycles. The van der Waals surface area contributed by atoms with Gasteiger partial charge in [-0.2, -0.15) is 22.0 Å². The quantitative estimate of drug-likeness (QED) is 0.616. The van der Waals surface area contributed by atoms with Crippen molar-refractivity contribution in [1.29, 1.82) is 0 Å². The van der Waals surface area contributed by atoms with Crippen LogP contribution >= 0.6 is 26.6 Å². The maximum absolute atomic E-state index is 12.4. The fourth-order valence-corrected chi connectivity index (χ4v) is 4.07. The molecule has 1 saturated heterocycles. The second kappa shape index (κ2) is 5.41. The SMILES string of the molecule is FC(F)(F)C(F)(F)CON1PNPNP1. The average Bonchev–Trinajstić information content (AvgIpc) is 2.15. The Bertz CT molecular complexity index is 209. The van der Waals surface area contributed by atoms with E-state index in [1.165, 1.54) is 0 Å². The van der Waals surface area contributed by atoms with Crippen LogP contribution in [0.1, 0.15) is 0 Å². The predicted octanol–water partition coefficient (Wildman–Crippen LogP) is 2.14. The molecule has 0 aromatic carbocycles. The molecule has 12 heteroatoms. The Morgan fingerprint density at radius 1 is 1.07 bits per heavy atom. The van der Waals surface area contributed by atoms with Gasteiger partial charge in [0.25, 0.3) is 0 Å². The minimum atomic E-state index is -5.57. The van der Waals surface area contributed by atoms with Crippen LogP contribution in [0.3, 0.4) is 0 Å². The summed E-state index contributed by atoms with van der Waals surface area (Å²) >= 11 is 0. The van der Waals surface area contributed by atoms with Crippen LogP contribution in [0, 0.1) is 0 Å². The van der Waals surface area contributed by atoms with E-state index >= 15 is 0 Å².